The number of benzene rings is 2. The van der Waals surface area contributed by atoms with E-state index in [2.05, 4.69) is 10.3 Å². The van der Waals surface area contributed by atoms with Crippen molar-refractivity contribution in [3.05, 3.63) is 77.5 Å². The van der Waals surface area contributed by atoms with Gasteiger partial charge in [0.1, 0.15) is 6.04 Å². The third-order valence-corrected chi connectivity index (χ3v) is 4.67. The average molecular weight is 345 g/mol. The van der Waals surface area contributed by atoms with Gasteiger partial charge in [-0.15, -0.1) is 0 Å². The number of nitrogens with one attached hydrogen (secondary N) is 1. The summed E-state index contributed by atoms with van der Waals surface area (Å²) in [5, 5.41) is 3.56. The van der Waals surface area contributed by atoms with Gasteiger partial charge < -0.3 is 11.1 Å². The van der Waals surface area contributed by atoms with E-state index in [4.69, 9.17) is 5.73 Å². The highest BCUT2D eigenvalue weighted by atomic mass is 16.2. The van der Waals surface area contributed by atoms with Crippen LogP contribution in [0.1, 0.15) is 46.4 Å². The summed E-state index contributed by atoms with van der Waals surface area (Å²) in [4.78, 5) is 29.6. The van der Waals surface area contributed by atoms with Crippen molar-refractivity contribution in [3.63, 3.8) is 0 Å². The van der Waals surface area contributed by atoms with E-state index in [9.17, 15) is 9.59 Å². The summed E-state index contributed by atoms with van der Waals surface area (Å²) in [5.74, 6) is -0.490. The molecule has 130 valence electrons. The molecule has 1 saturated carbocycles. The number of carbonyl (C=O) groups is 2. The standard InChI is InChI=1S/C21H19N3O2/c22-20(25)19(14-6-2-1-3-7-14)24-21(26)16-12-18(13-10-11-13)23-17-9-5-4-8-15(16)17/h1-9,12-13,19H,10-11H2,(H2,22,25)(H,24,26). The molecular formula is C21H19N3O2. The Morgan fingerprint density at radius 1 is 1.04 bits per heavy atom. The number of pyridine rings is 1. The number of aromatic nitrogens is 1. The minimum Gasteiger partial charge on any atom is -0.368 e. The van der Waals surface area contributed by atoms with Crippen molar-refractivity contribution in [1.29, 1.82) is 0 Å². The van der Waals surface area contributed by atoms with Gasteiger partial charge >= 0.3 is 0 Å². The number of carbonyl (C=O) groups excluding carboxylic acids is 2. The van der Waals surface area contributed by atoms with E-state index in [1.165, 1.54) is 0 Å². The van der Waals surface area contributed by atoms with E-state index in [0.29, 0.717) is 17.0 Å². The molecule has 0 aliphatic heterocycles. The predicted molar refractivity (Wildman–Crippen MR) is 99.6 cm³/mol. The average Bonchev–Trinajstić information content (AvgIpc) is 3.50. The lowest BCUT2D eigenvalue weighted by molar-refractivity contribution is -0.120. The molecule has 1 aliphatic carbocycles. The molecule has 2 amide bonds. The molecule has 4 rings (SSSR count). The first kappa shape index (κ1) is 16.3. The van der Waals surface area contributed by atoms with Gasteiger partial charge in [0.2, 0.25) is 5.91 Å². The molecule has 0 bridgehead atoms. The summed E-state index contributed by atoms with van der Waals surface area (Å²) in [5.41, 5.74) is 8.44. The monoisotopic (exact) mass is 345 g/mol. The Labute approximate surface area is 151 Å². The molecule has 1 aromatic heterocycles. The molecule has 3 N–H and O–H groups in total. The fraction of sp³-hybridized carbons (Fsp3) is 0.190. The number of nitrogens with zero attached hydrogens (tertiary/aromatic N) is 1. The highest BCUT2D eigenvalue weighted by molar-refractivity contribution is 6.07. The Kier molecular flexibility index (Phi) is 4.13. The maximum absolute atomic E-state index is 13.0. The number of nitrogens with two attached hydrogens (primary N) is 1. The first-order valence-electron chi connectivity index (χ1n) is 8.68. The lowest BCUT2D eigenvalue weighted by Crippen LogP contribution is -2.37. The molecule has 1 fully saturated rings. The molecule has 1 heterocycles. The van der Waals surface area contributed by atoms with E-state index in [1.54, 1.807) is 12.1 Å². The van der Waals surface area contributed by atoms with Crippen molar-refractivity contribution >= 4 is 22.7 Å². The summed E-state index contributed by atoms with van der Waals surface area (Å²) in [6.07, 6.45) is 2.20. The first-order chi connectivity index (χ1) is 12.6. The van der Waals surface area contributed by atoms with Crippen molar-refractivity contribution in [2.24, 2.45) is 5.73 Å². The molecule has 26 heavy (non-hydrogen) atoms. The summed E-state index contributed by atoms with van der Waals surface area (Å²) in [6.45, 7) is 0. The van der Waals surface area contributed by atoms with Crippen LogP contribution in [0, 0.1) is 0 Å². The van der Waals surface area contributed by atoms with Crippen LogP contribution >= 0.6 is 0 Å². The highest BCUT2D eigenvalue weighted by Crippen LogP contribution is 2.40. The van der Waals surface area contributed by atoms with Crippen LogP contribution in [0.15, 0.2) is 60.7 Å². The Balaban J connectivity index is 1.72. The highest BCUT2D eigenvalue weighted by Gasteiger charge is 2.28. The fourth-order valence-electron chi connectivity index (χ4n) is 3.15. The van der Waals surface area contributed by atoms with Crippen LogP contribution in [0.5, 0.6) is 0 Å². The minimum absolute atomic E-state index is 0.321. The fourth-order valence-corrected chi connectivity index (χ4v) is 3.15. The maximum atomic E-state index is 13.0. The van der Waals surface area contributed by atoms with Gasteiger partial charge in [0.15, 0.2) is 0 Å². The van der Waals surface area contributed by atoms with Gasteiger partial charge in [-0.05, 0) is 30.5 Å². The number of para-hydroxylation sites is 1. The largest absolute Gasteiger partial charge is 0.368 e. The van der Waals surface area contributed by atoms with Crippen molar-refractivity contribution in [2.75, 3.05) is 0 Å². The van der Waals surface area contributed by atoms with Gasteiger partial charge in [-0.2, -0.15) is 0 Å². The molecule has 0 radical (unpaired) electrons. The zero-order valence-electron chi connectivity index (χ0n) is 14.2. The summed E-state index contributed by atoms with van der Waals surface area (Å²) in [7, 11) is 0. The molecule has 1 unspecified atom stereocenters. The predicted octanol–water partition coefficient (Wildman–Crippen LogP) is 3.07. The normalized spacial score (nSPS) is 14.8. The number of hydrogen-bond acceptors (Lipinski definition) is 3. The van der Waals surface area contributed by atoms with E-state index >= 15 is 0 Å². The van der Waals surface area contributed by atoms with Crippen molar-refractivity contribution < 1.29 is 9.59 Å². The van der Waals surface area contributed by atoms with E-state index in [-0.39, 0.29) is 5.91 Å². The second-order valence-corrected chi connectivity index (χ2v) is 6.61. The maximum Gasteiger partial charge on any atom is 0.252 e. The van der Waals surface area contributed by atoms with Crippen molar-refractivity contribution in [1.82, 2.24) is 10.3 Å². The van der Waals surface area contributed by atoms with Gasteiger partial charge in [-0.1, -0.05) is 48.5 Å². The molecule has 2 aromatic carbocycles. The van der Waals surface area contributed by atoms with Crippen LogP contribution in [0.25, 0.3) is 10.9 Å². The Morgan fingerprint density at radius 3 is 2.42 bits per heavy atom. The smallest absolute Gasteiger partial charge is 0.252 e. The van der Waals surface area contributed by atoms with Crippen LogP contribution in [-0.2, 0) is 4.79 Å². The topological polar surface area (TPSA) is 85.1 Å². The third-order valence-electron chi connectivity index (χ3n) is 4.67. The second-order valence-electron chi connectivity index (χ2n) is 6.61. The molecule has 0 saturated heterocycles. The van der Waals surface area contributed by atoms with Crippen LogP contribution in [0.2, 0.25) is 0 Å². The Bertz CT molecular complexity index is 981. The number of rotatable bonds is 5. The first-order valence-corrected chi connectivity index (χ1v) is 8.68. The molecule has 5 heteroatoms. The second kappa shape index (κ2) is 6.59. The van der Waals surface area contributed by atoms with Crippen LogP contribution in [0.4, 0.5) is 0 Å². The summed E-state index contributed by atoms with van der Waals surface area (Å²) < 4.78 is 0. The molecule has 1 aliphatic rings. The molecule has 0 spiro atoms. The number of hydrogen-bond donors (Lipinski definition) is 2. The molecular weight excluding hydrogens is 326 g/mol. The zero-order chi connectivity index (χ0) is 18.1. The quantitative estimate of drug-likeness (QED) is 0.745. The van der Waals surface area contributed by atoms with Crippen molar-refractivity contribution in [2.45, 2.75) is 24.8 Å². The van der Waals surface area contributed by atoms with E-state index in [1.807, 2.05) is 48.5 Å². The van der Waals surface area contributed by atoms with E-state index in [0.717, 1.165) is 29.4 Å². The van der Waals surface area contributed by atoms with Gasteiger partial charge in [0.05, 0.1) is 11.1 Å². The lowest BCUT2D eigenvalue weighted by atomic mass is 10.0. The van der Waals surface area contributed by atoms with Crippen LogP contribution < -0.4 is 11.1 Å². The molecule has 1 atom stereocenters. The van der Waals surface area contributed by atoms with Gasteiger partial charge in [0, 0.05) is 17.0 Å². The zero-order valence-corrected chi connectivity index (χ0v) is 14.2. The number of fused-ring (bicyclic) bond motifs is 1. The third kappa shape index (κ3) is 3.16. The Hall–Kier alpha value is -3.21. The number of amides is 2. The number of primary amides is 1. The van der Waals surface area contributed by atoms with Gasteiger partial charge in [-0.3, -0.25) is 14.6 Å². The Morgan fingerprint density at radius 2 is 1.73 bits per heavy atom. The van der Waals surface area contributed by atoms with Crippen molar-refractivity contribution in [3.8, 4) is 0 Å². The van der Waals surface area contributed by atoms with Crippen LogP contribution in [-0.4, -0.2) is 16.8 Å². The molecule has 5 nitrogen and oxygen atoms in total. The van der Waals surface area contributed by atoms with E-state index < -0.39 is 11.9 Å². The van der Waals surface area contributed by atoms with Crippen LogP contribution in [0.3, 0.4) is 0 Å². The SMILES string of the molecule is NC(=O)C(NC(=O)c1cc(C2CC2)nc2ccccc12)c1ccccc1. The summed E-state index contributed by atoms with van der Waals surface area (Å²) >= 11 is 0. The molecule has 3 aromatic rings. The summed E-state index contributed by atoms with van der Waals surface area (Å²) in [6, 6.07) is 17.5. The van der Waals surface area contributed by atoms with Gasteiger partial charge in [-0.25, -0.2) is 0 Å². The van der Waals surface area contributed by atoms with Gasteiger partial charge in [0.25, 0.3) is 5.91 Å². The minimum atomic E-state index is -0.875. The lowest BCUT2D eigenvalue weighted by Gasteiger charge is -2.17.